The summed E-state index contributed by atoms with van der Waals surface area (Å²) < 4.78 is 2.39. The van der Waals surface area contributed by atoms with E-state index >= 15 is 0 Å². The van der Waals surface area contributed by atoms with Gasteiger partial charge >= 0.3 is 0 Å². The van der Waals surface area contributed by atoms with E-state index < -0.39 is 0 Å². The summed E-state index contributed by atoms with van der Waals surface area (Å²) in [6.45, 7) is 0. The average Bonchev–Trinajstić information content (AvgIpc) is 3.74. The van der Waals surface area contributed by atoms with Gasteiger partial charge in [0.2, 0.25) is 0 Å². The van der Waals surface area contributed by atoms with Crippen LogP contribution in [-0.4, -0.2) is 4.57 Å². The van der Waals surface area contributed by atoms with E-state index in [9.17, 15) is 0 Å². The summed E-state index contributed by atoms with van der Waals surface area (Å²) in [7, 11) is 0. The molecular formula is C64H44N2. The van der Waals surface area contributed by atoms with Crippen molar-refractivity contribution in [3.8, 4) is 61.3 Å². The molecule has 0 saturated heterocycles. The molecule has 0 spiro atoms. The molecule has 0 aliphatic carbocycles. The fraction of sp³-hybridized carbons (Fsp3) is 0. The first kappa shape index (κ1) is 38.9. The van der Waals surface area contributed by atoms with E-state index in [1.165, 1.54) is 77.1 Å². The van der Waals surface area contributed by atoms with Crippen LogP contribution in [0.5, 0.6) is 0 Å². The molecule has 310 valence electrons. The molecule has 0 unspecified atom stereocenters. The van der Waals surface area contributed by atoms with E-state index in [1.54, 1.807) is 0 Å². The molecule has 0 radical (unpaired) electrons. The molecule has 0 N–H and O–H groups in total. The van der Waals surface area contributed by atoms with Gasteiger partial charge in [-0.1, -0.05) is 188 Å². The van der Waals surface area contributed by atoms with Crippen LogP contribution in [0.1, 0.15) is 0 Å². The van der Waals surface area contributed by atoms with Gasteiger partial charge < -0.3 is 9.47 Å². The molecule has 66 heavy (non-hydrogen) atoms. The number of hydrogen-bond donors (Lipinski definition) is 0. The average molecular weight is 841 g/mol. The van der Waals surface area contributed by atoms with Crippen LogP contribution in [0.25, 0.3) is 93.9 Å². The highest BCUT2D eigenvalue weighted by atomic mass is 15.1. The monoisotopic (exact) mass is 840 g/mol. The van der Waals surface area contributed by atoms with Crippen LogP contribution in [0.3, 0.4) is 0 Å². The molecule has 12 aromatic rings. The van der Waals surface area contributed by atoms with Crippen LogP contribution < -0.4 is 4.90 Å². The van der Waals surface area contributed by atoms with Crippen molar-refractivity contribution >= 4 is 49.6 Å². The number of anilines is 3. The summed E-state index contributed by atoms with van der Waals surface area (Å²) in [5.74, 6) is 0. The SMILES string of the molecule is c1ccc(-c2cccc(-c3cccc(N(c4ccc(-c5cccc(-c6ccc7ccccc7c6)c5)cc4)c4ccc(-c5cccc(-n6c7ccccc7c7ccccc76)c5)cc4)c3)c2)cc1. The predicted octanol–water partition coefficient (Wildman–Crippen LogP) is 17.7. The minimum absolute atomic E-state index is 1.08. The van der Waals surface area contributed by atoms with E-state index in [4.69, 9.17) is 0 Å². The Morgan fingerprint density at radius 2 is 0.636 bits per heavy atom. The summed E-state index contributed by atoms with van der Waals surface area (Å²) in [6, 6.07) is 96.9. The second-order valence-electron chi connectivity index (χ2n) is 17.0. The maximum atomic E-state index is 2.39. The summed E-state index contributed by atoms with van der Waals surface area (Å²) in [5, 5.41) is 5.03. The van der Waals surface area contributed by atoms with Crippen molar-refractivity contribution in [3.63, 3.8) is 0 Å². The van der Waals surface area contributed by atoms with Crippen LogP contribution in [0.4, 0.5) is 17.1 Å². The van der Waals surface area contributed by atoms with Gasteiger partial charge in [-0.15, -0.1) is 0 Å². The van der Waals surface area contributed by atoms with Crippen LogP contribution in [-0.2, 0) is 0 Å². The van der Waals surface area contributed by atoms with Crippen LogP contribution >= 0.6 is 0 Å². The van der Waals surface area contributed by atoms with Gasteiger partial charge in [0, 0.05) is 33.5 Å². The van der Waals surface area contributed by atoms with Crippen LogP contribution in [0, 0.1) is 0 Å². The molecule has 0 aliphatic heterocycles. The van der Waals surface area contributed by atoms with Gasteiger partial charge in [0.25, 0.3) is 0 Å². The molecule has 2 heteroatoms. The van der Waals surface area contributed by atoms with Crippen LogP contribution in [0.2, 0.25) is 0 Å². The van der Waals surface area contributed by atoms with Gasteiger partial charge in [-0.25, -0.2) is 0 Å². The topological polar surface area (TPSA) is 8.17 Å². The second-order valence-corrected chi connectivity index (χ2v) is 17.0. The summed E-state index contributed by atoms with van der Waals surface area (Å²) in [5.41, 5.74) is 18.7. The Balaban J connectivity index is 0.915. The molecule has 12 rings (SSSR count). The molecule has 1 heterocycles. The molecule has 0 saturated carbocycles. The van der Waals surface area contributed by atoms with Gasteiger partial charge in [0.1, 0.15) is 0 Å². The van der Waals surface area contributed by atoms with Gasteiger partial charge in [-0.2, -0.15) is 0 Å². The lowest BCUT2D eigenvalue weighted by atomic mass is 9.97. The molecule has 2 nitrogen and oxygen atoms in total. The summed E-state index contributed by atoms with van der Waals surface area (Å²) in [6.07, 6.45) is 0. The van der Waals surface area contributed by atoms with E-state index in [-0.39, 0.29) is 0 Å². The third-order valence-electron chi connectivity index (χ3n) is 13.0. The molecule has 0 amide bonds. The fourth-order valence-electron chi connectivity index (χ4n) is 9.66. The second kappa shape index (κ2) is 16.8. The fourth-order valence-corrected chi connectivity index (χ4v) is 9.66. The summed E-state index contributed by atoms with van der Waals surface area (Å²) in [4.78, 5) is 2.37. The smallest absolute Gasteiger partial charge is 0.0541 e. The highest BCUT2D eigenvalue weighted by molar-refractivity contribution is 6.09. The number of para-hydroxylation sites is 2. The molecule has 0 atom stereocenters. The highest BCUT2D eigenvalue weighted by Crippen LogP contribution is 2.40. The maximum Gasteiger partial charge on any atom is 0.0541 e. The lowest BCUT2D eigenvalue weighted by Crippen LogP contribution is -2.10. The molecular weight excluding hydrogens is 797 g/mol. The van der Waals surface area contributed by atoms with Gasteiger partial charge in [0.05, 0.1) is 11.0 Å². The normalized spacial score (nSPS) is 11.3. The first-order valence-corrected chi connectivity index (χ1v) is 22.7. The Labute approximate surface area is 385 Å². The first-order valence-electron chi connectivity index (χ1n) is 22.7. The van der Waals surface area contributed by atoms with Crippen molar-refractivity contribution in [2.45, 2.75) is 0 Å². The largest absolute Gasteiger partial charge is 0.310 e. The van der Waals surface area contributed by atoms with Gasteiger partial charge in [0.15, 0.2) is 0 Å². The van der Waals surface area contributed by atoms with E-state index in [2.05, 4.69) is 276 Å². The molecule has 0 fully saturated rings. The molecule has 11 aromatic carbocycles. The van der Waals surface area contributed by atoms with Crippen molar-refractivity contribution in [3.05, 3.63) is 267 Å². The number of benzene rings is 11. The molecule has 0 aliphatic rings. The van der Waals surface area contributed by atoms with Crippen molar-refractivity contribution < 1.29 is 0 Å². The molecule has 0 bridgehead atoms. The zero-order chi connectivity index (χ0) is 43.8. The Kier molecular flexibility index (Phi) is 9.89. The first-order chi connectivity index (χ1) is 32.7. The third-order valence-corrected chi connectivity index (χ3v) is 13.0. The zero-order valence-corrected chi connectivity index (χ0v) is 36.3. The Hall–Kier alpha value is -8.72. The minimum atomic E-state index is 1.08. The van der Waals surface area contributed by atoms with E-state index in [0.29, 0.717) is 0 Å². The summed E-state index contributed by atoms with van der Waals surface area (Å²) >= 11 is 0. The number of hydrogen-bond acceptors (Lipinski definition) is 1. The molecule has 1 aromatic heterocycles. The maximum absolute atomic E-state index is 2.39. The van der Waals surface area contributed by atoms with Crippen molar-refractivity contribution in [1.82, 2.24) is 4.57 Å². The third kappa shape index (κ3) is 7.31. The standard InChI is InChI=1S/C64H44N2/c1-2-14-45(15-3-1)50-18-10-20-52(40-50)55-23-13-24-59(44-55)65(57-36-32-47(33-37-57)51-19-11-21-53(41-51)56-31-30-46-16-4-5-17-49(46)42-56)58-38-34-48(35-39-58)54-22-12-25-60(43-54)66-63-28-8-6-26-61(63)62-27-7-9-29-64(62)66/h1-44H. The van der Waals surface area contributed by atoms with Crippen LogP contribution in [0.15, 0.2) is 267 Å². The van der Waals surface area contributed by atoms with Crippen molar-refractivity contribution in [2.75, 3.05) is 4.90 Å². The number of rotatable bonds is 9. The van der Waals surface area contributed by atoms with Gasteiger partial charge in [-0.05, 0) is 145 Å². The highest BCUT2D eigenvalue weighted by Gasteiger charge is 2.16. The minimum Gasteiger partial charge on any atom is -0.310 e. The number of aromatic nitrogens is 1. The van der Waals surface area contributed by atoms with E-state index in [0.717, 1.165) is 33.9 Å². The lowest BCUT2D eigenvalue weighted by Gasteiger charge is -2.26. The predicted molar refractivity (Wildman–Crippen MR) is 280 cm³/mol. The number of fused-ring (bicyclic) bond motifs is 4. The zero-order valence-electron chi connectivity index (χ0n) is 36.3. The Morgan fingerprint density at radius 1 is 0.227 bits per heavy atom. The Bertz CT molecular complexity index is 3640. The lowest BCUT2D eigenvalue weighted by molar-refractivity contribution is 1.18. The van der Waals surface area contributed by atoms with E-state index in [1.807, 2.05) is 0 Å². The Morgan fingerprint density at radius 3 is 1.24 bits per heavy atom. The number of nitrogens with zero attached hydrogens (tertiary/aromatic N) is 2. The van der Waals surface area contributed by atoms with Gasteiger partial charge in [-0.3, -0.25) is 0 Å². The quantitative estimate of drug-likeness (QED) is 0.141. The van der Waals surface area contributed by atoms with Crippen molar-refractivity contribution in [2.24, 2.45) is 0 Å². The van der Waals surface area contributed by atoms with Crippen molar-refractivity contribution in [1.29, 1.82) is 0 Å².